The molecule has 2 amide bonds. The SMILES string of the molecule is CCOC(=O)CCCCCNC(=O)C(c1ccc(CN2N=C(c3ccccc3)OCC2=O)cc1)C1CCCC1. The summed E-state index contributed by atoms with van der Waals surface area (Å²) < 4.78 is 10.5. The summed E-state index contributed by atoms with van der Waals surface area (Å²) in [7, 11) is 0. The van der Waals surface area contributed by atoms with E-state index in [9.17, 15) is 14.4 Å². The first-order valence-electron chi connectivity index (χ1n) is 14.1. The van der Waals surface area contributed by atoms with Crippen molar-refractivity contribution in [2.24, 2.45) is 11.0 Å². The second-order valence-electron chi connectivity index (χ2n) is 10.2. The number of esters is 1. The highest BCUT2D eigenvalue weighted by Crippen LogP contribution is 2.37. The fraction of sp³-hybridized carbons (Fsp3) is 0.484. The Balaban J connectivity index is 1.35. The lowest BCUT2D eigenvalue weighted by Gasteiger charge is -2.25. The Hall–Kier alpha value is -3.68. The number of amides is 2. The number of carbonyl (C=O) groups is 3. The van der Waals surface area contributed by atoms with Crippen LogP contribution in [-0.2, 0) is 30.4 Å². The fourth-order valence-electron chi connectivity index (χ4n) is 5.30. The number of hydrogen-bond donors (Lipinski definition) is 1. The molecule has 8 nitrogen and oxygen atoms in total. The van der Waals surface area contributed by atoms with Crippen LogP contribution in [0.25, 0.3) is 0 Å². The van der Waals surface area contributed by atoms with E-state index >= 15 is 0 Å². The van der Waals surface area contributed by atoms with Gasteiger partial charge in [-0.25, -0.2) is 5.01 Å². The minimum absolute atomic E-state index is 0.0431. The first-order valence-corrected chi connectivity index (χ1v) is 14.1. The maximum absolute atomic E-state index is 13.3. The number of hydrazone groups is 1. The van der Waals surface area contributed by atoms with Gasteiger partial charge in [-0.1, -0.05) is 61.7 Å². The standard InChI is InChI=1S/C31H39N3O5/c1-2-38-28(36)15-7-4-10-20-32-30(37)29(24-11-8-9-12-24)25-18-16-23(17-19-25)21-34-27(35)22-39-31(33-34)26-13-5-3-6-14-26/h3,5-6,13-14,16-19,24,29H,2,4,7-12,15,20-22H2,1H3,(H,32,37). The summed E-state index contributed by atoms with van der Waals surface area (Å²) in [5, 5.41) is 9.03. The van der Waals surface area contributed by atoms with Gasteiger partial charge in [0.1, 0.15) is 0 Å². The van der Waals surface area contributed by atoms with E-state index in [-0.39, 0.29) is 30.3 Å². The second kappa shape index (κ2) is 14.5. The first-order chi connectivity index (χ1) is 19.0. The fourth-order valence-corrected chi connectivity index (χ4v) is 5.30. The summed E-state index contributed by atoms with van der Waals surface area (Å²) in [6, 6.07) is 17.5. The first kappa shape index (κ1) is 28.3. The van der Waals surface area contributed by atoms with Gasteiger partial charge in [0.2, 0.25) is 11.8 Å². The van der Waals surface area contributed by atoms with Crippen LogP contribution in [0.4, 0.5) is 0 Å². The molecule has 0 radical (unpaired) electrons. The van der Waals surface area contributed by atoms with Crippen LogP contribution in [0.15, 0.2) is 59.7 Å². The van der Waals surface area contributed by atoms with Gasteiger partial charge in [-0.15, -0.1) is 5.10 Å². The molecule has 39 heavy (non-hydrogen) atoms. The van der Waals surface area contributed by atoms with E-state index in [1.165, 1.54) is 5.01 Å². The number of rotatable bonds is 13. The molecule has 1 aliphatic carbocycles. The molecule has 2 aromatic carbocycles. The molecule has 8 heteroatoms. The molecule has 0 spiro atoms. The van der Waals surface area contributed by atoms with Crippen LogP contribution in [0.3, 0.4) is 0 Å². The van der Waals surface area contributed by atoms with Crippen molar-refractivity contribution < 1.29 is 23.9 Å². The van der Waals surface area contributed by atoms with Gasteiger partial charge >= 0.3 is 5.97 Å². The second-order valence-corrected chi connectivity index (χ2v) is 10.2. The molecule has 1 N–H and O–H groups in total. The number of nitrogens with one attached hydrogen (secondary N) is 1. The van der Waals surface area contributed by atoms with E-state index < -0.39 is 0 Å². The number of nitrogens with zero attached hydrogens (tertiary/aromatic N) is 2. The molecule has 2 aromatic rings. The van der Waals surface area contributed by atoms with Crippen molar-refractivity contribution in [3.63, 3.8) is 0 Å². The minimum atomic E-state index is -0.191. The molecule has 4 rings (SSSR count). The van der Waals surface area contributed by atoms with Crippen molar-refractivity contribution >= 4 is 23.7 Å². The van der Waals surface area contributed by atoms with Gasteiger partial charge in [0.05, 0.1) is 19.1 Å². The molecule has 1 unspecified atom stereocenters. The van der Waals surface area contributed by atoms with Crippen LogP contribution in [0.2, 0.25) is 0 Å². The number of benzene rings is 2. The number of unbranched alkanes of at least 4 members (excludes halogenated alkanes) is 2. The van der Waals surface area contributed by atoms with Crippen LogP contribution in [0.1, 0.15) is 80.9 Å². The quantitative estimate of drug-likeness (QED) is 0.291. The van der Waals surface area contributed by atoms with Crippen LogP contribution in [0.5, 0.6) is 0 Å². The number of carbonyl (C=O) groups excluding carboxylic acids is 3. The van der Waals surface area contributed by atoms with Crippen LogP contribution in [0, 0.1) is 5.92 Å². The lowest BCUT2D eigenvalue weighted by molar-refractivity contribution is -0.143. The topological polar surface area (TPSA) is 97.3 Å². The Bertz CT molecular complexity index is 1130. The third-order valence-electron chi connectivity index (χ3n) is 7.34. The highest BCUT2D eigenvalue weighted by Gasteiger charge is 2.32. The summed E-state index contributed by atoms with van der Waals surface area (Å²) in [6.07, 6.45) is 7.31. The molecule has 0 saturated heterocycles. The van der Waals surface area contributed by atoms with E-state index in [4.69, 9.17) is 9.47 Å². The minimum Gasteiger partial charge on any atom is -0.466 e. The monoisotopic (exact) mass is 533 g/mol. The van der Waals surface area contributed by atoms with Crippen molar-refractivity contribution in [1.82, 2.24) is 10.3 Å². The Labute approximate surface area is 230 Å². The average Bonchev–Trinajstić information content (AvgIpc) is 3.48. The molecule has 208 valence electrons. The van der Waals surface area contributed by atoms with Crippen molar-refractivity contribution in [3.05, 3.63) is 71.3 Å². The molecule has 0 aromatic heterocycles. The van der Waals surface area contributed by atoms with E-state index in [0.717, 1.165) is 61.6 Å². The van der Waals surface area contributed by atoms with Gasteiger partial charge in [-0.05, 0) is 61.8 Å². The summed E-state index contributed by atoms with van der Waals surface area (Å²) >= 11 is 0. The van der Waals surface area contributed by atoms with Crippen molar-refractivity contribution in [2.75, 3.05) is 19.8 Å². The number of ether oxygens (including phenoxy) is 2. The molecular weight excluding hydrogens is 494 g/mol. The maximum atomic E-state index is 13.3. The molecule has 1 aliphatic heterocycles. The highest BCUT2D eigenvalue weighted by atomic mass is 16.5. The zero-order chi connectivity index (χ0) is 27.5. The maximum Gasteiger partial charge on any atom is 0.305 e. The highest BCUT2D eigenvalue weighted by molar-refractivity contribution is 5.97. The smallest absolute Gasteiger partial charge is 0.305 e. The summed E-state index contributed by atoms with van der Waals surface area (Å²) in [4.78, 5) is 37.2. The zero-order valence-electron chi connectivity index (χ0n) is 22.8. The van der Waals surface area contributed by atoms with E-state index in [2.05, 4.69) is 10.4 Å². The Morgan fingerprint density at radius 3 is 2.51 bits per heavy atom. The Morgan fingerprint density at radius 2 is 1.79 bits per heavy atom. The lowest BCUT2D eigenvalue weighted by Crippen LogP contribution is -2.36. The van der Waals surface area contributed by atoms with Gasteiger partial charge in [0, 0.05) is 18.5 Å². The van der Waals surface area contributed by atoms with Gasteiger partial charge in [0.15, 0.2) is 6.61 Å². The number of hydrogen-bond acceptors (Lipinski definition) is 6. The molecule has 1 saturated carbocycles. The average molecular weight is 534 g/mol. The van der Waals surface area contributed by atoms with Gasteiger partial charge in [-0.2, -0.15) is 0 Å². The molecule has 0 bridgehead atoms. The van der Waals surface area contributed by atoms with Crippen molar-refractivity contribution in [1.29, 1.82) is 0 Å². The predicted molar refractivity (Wildman–Crippen MR) is 149 cm³/mol. The Kier molecular flexibility index (Phi) is 10.5. The van der Waals surface area contributed by atoms with Gasteiger partial charge < -0.3 is 14.8 Å². The normalized spacial score (nSPS) is 16.4. The zero-order valence-corrected chi connectivity index (χ0v) is 22.8. The van der Waals surface area contributed by atoms with E-state index in [1.807, 2.05) is 61.5 Å². The van der Waals surface area contributed by atoms with Crippen LogP contribution >= 0.6 is 0 Å². The van der Waals surface area contributed by atoms with E-state index in [0.29, 0.717) is 37.9 Å². The predicted octanol–water partition coefficient (Wildman–Crippen LogP) is 4.92. The summed E-state index contributed by atoms with van der Waals surface area (Å²) in [5.74, 6) is 0.301. The molecular formula is C31H39N3O5. The molecule has 1 heterocycles. The van der Waals surface area contributed by atoms with Crippen molar-refractivity contribution in [3.8, 4) is 0 Å². The van der Waals surface area contributed by atoms with Gasteiger partial charge in [-0.3, -0.25) is 14.4 Å². The Morgan fingerprint density at radius 1 is 1.05 bits per heavy atom. The third kappa shape index (κ3) is 8.15. The molecule has 2 aliphatic rings. The van der Waals surface area contributed by atoms with Crippen LogP contribution < -0.4 is 5.32 Å². The summed E-state index contributed by atoms with van der Waals surface area (Å²) in [6.45, 7) is 3.11. The largest absolute Gasteiger partial charge is 0.466 e. The summed E-state index contributed by atoms with van der Waals surface area (Å²) in [5.41, 5.74) is 2.78. The lowest BCUT2D eigenvalue weighted by atomic mass is 9.83. The molecule has 1 fully saturated rings. The van der Waals surface area contributed by atoms with Crippen molar-refractivity contribution in [2.45, 2.75) is 70.8 Å². The van der Waals surface area contributed by atoms with Gasteiger partial charge in [0.25, 0.3) is 5.91 Å². The third-order valence-corrected chi connectivity index (χ3v) is 7.34. The van der Waals surface area contributed by atoms with E-state index in [1.54, 1.807) is 0 Å². The molecule has 1 atom stereocenters. The van der Waals surface area contributed by atoms with Crippen LogP contribution in [-0.4, -0.2) is 48.4 Å².